The van der Waals surface area contributed by atoms with Gasteiger partial charge in [0.25, 0.3) is 0 Å². The lowest BCUT2D eigenvalue weighted by molar-refractivity contribution is -0.111. The first kappa shape index (κ1) is 7.34. The van der Waals surface area contributed by atoms with E-state index in [1.807, 2.05) is 0 Å². The van der Waals surface area contributed by atoms with Gasteiger partial charge in [-0.2, -0.15) is 0 Å². The number of nitrogens with zero attached hydrogens (tertiary/aromatic N) is 1. The van der Waals surface area contributed by atoms with E-state index in [2.05, 4.69) is 4.99 Å². The summed E-state index contributed by atoms with van der Waals surface area (Å²) in [6, 6.07) is 0. The molecule has 3 nitrogen and oxygen atoms in total. The Labute approximate surface area is 51.4 Å². The molecule has 0 atom stereocenters. The molecule has 0 aromatic rings. The molecule has 0 rings (SSSR count). The third-order valence-electron chi connectivity index (χ3n) is 0.485. The third-order valence-corrected chi connectivity index (χ3v) is 0.674. The second-order valence-corrected chi connectivity index (χ2v) is 1.50. The van der Waals surface area contributed by atoms with Crippen LogP contribution in [0.4, 0.5) is 0 Å². The van der Waals surface area contributed by atoms with E-state index >= 15 is 0 Å². The number of rotatable bonds is 3. The van der Waals surface area contributed by atoms with Crippen molar-refractivity contribution in [3.63, 3.8) is 0 Å². The molecule has 0 N–H and O–H groups in total. The number of hydrogen-bond acceptors (Lipinski definition) is 3. The summed E-state index contributed by atoms with van der Waals surface area (Å²) in [6.07, 6.45) is 1.40. The molecule has 0 bridgehead atoms. The van der Waals surface area contributed by atoms with Crippen LogP contribution in [0.3, 0.4) is 0 Å². The molecular formula is C4H4ClNO2. The summed E-state index contributed by atoms with van der Waals surface area (Å²) < 4.78 is 0. The van der Waals surface area contributed by atoms with Crippen LogP contribution in [0.5, 0.6) is 0 Å². The molecule has 0 saturated carbocycles. The highest BCUT2D eigenvalue weighted by Crippen LogP contribution is 1.86. The minimum atomic E-state index is -0.482. The van der Waals surface area contributed by atoms with Crippen LogP contribution in [0, 0.1) is 0 Å². The Morgan fingerprint density at radius 1 is 1.75 bits per heavy atom. The van der Waals surface area contributed by atoms with Crippen molar-refractivity contribution in [2.24, 2.45) is 4.99 Å². The van der Waals surface area contributed by atoms with Gasteiger partial charge in [0.05, 0.1) is 6.54 Å². The molecule has 0 aliphatic rings. The maximum atomic E-state index is 9.89. The summed E-state index contributed by atoms with van der Waals surface area (Å²) in [7, 11) is 0. The van der Waals surface area contributed by atoms with Crippen molar-refractivity contribution >= 4 is 22.9 Å². The Morgan fingerprint density at radius 2 is 2.38 bits per heavy atom. The summed E-state index contributed by atoms with van der Waals surface area (Å²) in [5, 5.41) is -0.482. The molecule has 0 aliphatic carbocycles. The van der Waals surface area contributed by atoms with E-state index in [0.29, 0.717) is 0 Å². The van der Waals surface area contributed by atoms with E-state index in [4.69, 9.17) is 11.6 Å². The molecule has 44 valence electrons. The first-order valence-corrected chi connectivity index (χ1v) is 2.37. The highest BCUT2D eigenvalue weighted by atomic mass is 35.5. The first-order chi connectivity index (χ1) is 3.77. The van der Waals surface area contributed by atoms with Crippen LogP contribution in [0.2, 0.25) is 0 Å². The smallest absolute Gasteiger partial charge is 0.234 e. The standard InChI is InChI=1S/C4H4ClNO2/c5-4(8)1-2-6-3-7/h1-2H2. The molecule has 0 fully saturated rings. The third kappa shape index (κ3) is 5.34. The second kappa shape index (κ2) is 4.50. The molecule has 0 aromatic heterocycles. The number of carbonyl (C=O) groups excluding carboxylic acids is 2. The molecular weight excluding hydrogens is 130 g/mol. The lowest BCUT2D eigenvalue weighted by atomic mass is 10.5. The van der Waals surface area contributed by atoms with Gasteiger partial charge in [0.1, 0.15) is 0 Å². The number of hydrogen-bond donors (Lipinski definition) is 0. The van der Waals surface area contributed by atoms with Gasteiger partial charge in [-0.1, -0.05) is 0 Å². The molecule has 0 aliphatic heterocycles. The fourth-order valence-corrected chi connectivity index (χ4v) is 0.274. The monoisotopic (exact) mass is 133 g/mol. The van der Waals surface area contributed by atoms with Gasteiger partial charge in [0.2, 0.25) is 11.3 Å². The highest BCUT2D eigenvalue weighted by Gasteiger charge is 1.90. The maximum absolute atomic E-state index is 9.89. The highest BCUT2D eigenvalue weighted by molar-refractivity contribution is 6.63. The van der Waals surface area contributed by atoms with E-state index in [1.54, 1.807) is 0 Å². The quantitative estimate of drug-likeness (QED) is 0.319. The summed E-state index contributed by atoms with van der Waals surface area (Å²) in [5.41, 5.74) is 0. The Kier molecular flexibility index (Phi) is 4.13. The van der Waals surface area contributed by atoms with Crippen molar-refractivity contribution in [3.05, 3.63) is 0 Å². The van der Waals surface area contributed by atoms with Crippen molar-refractivity contribution < 1.29 is 9.59 Å². The molecule has 0 aromatic carbocycles. The number of isocyanates is 1. The second-order valence-electron chi connectivity index (χ2n) is 1.08. The van der Waals surface area contributed by atoms with Gasteiger partial charge in [-0.3, -0.25) is 4.79 Å². The van der Waals surface area contributed by atoms with Crippen LogP contribution in [0.25, 0.3) is 0 Å². The van der Waals surface area contributed by atoms with Crippen molar-refractivity contribution in [1.82, 2.24) is 0 Å². The van der Waals surface area contributed by atoms with Gasteiger partial charge in [-0.25, -0.2) is 9.79 Å². The maximum Gasteiger partial charge on any atom is 0.234 e. The summed E-state index contributed by atoms with van der Waals surface area (Å²) in [5.74, 6) is 0. The Balaban J connectivity index is 3.18. The molecule has 4 heteroatoms. The Hall–Kier alpha value is -0.660. The lowest BCUT2D eigenvalue weighted by Gasteiger charge is -1.79. The lowest BCUT2D eigenvalue weighted by Crippen LogP contribution is -1.87. The minimum Gasteiger partial charge on any atom is -0.281 e. The largest absolute Gasteiger partial charge is 0.281 e. The zero-order valence-electron chi connectivity index (χ0n) is 4.06. The fourth-order valence-electron chi connectivity index (χ4n) is 0.189. The van der Waals surface area contributed by atoms with Crippen molar-refractivity contribution in [3.8, 4) is 0 Å². The molecule has 0 amide bonds. The van der Waals surface area contributed by atoms with Crippen LogP contribution in [-0.2, 0) is 9.59 Å². The van der Waals surface area contributed by atoms with Crippen molar-refractivity contribution in [2.45, 2.75) is 6.42 Å². The number of carbonyl (C=O) groups is 1. The first-order valence-electron chi connectivity index (χ1n) is 1.99. The number of aliphatic imine (C=N–C) groups is 1. The predicted molar refractivity (Wildman–Crippen MR) is 28.5 cm³/mol. The van der Waals surface area contributed by atoms with E-state index in [0.717, 1.165) is 0 Å². The molecule has 0 radical (unpaired) electrons. The molecule has 0 saturated heterocycles. The Bertz CT molecular complexity index is 126. The summed E-state index contributed by atoms with van der Waals surface area (Å²) in [4.78, 5) is 22.3. The normalized spacial score (nSPS) is 7.62. The topological polar surface area (TPSA) is 46.5 Å². The van der Waals surface area contributed by atoms with E-state index < -0.39 is 5.24 Å². The molecule has 8 heavy (non-hydrogen) atoms. The van der Waals surface area contributed by atoms with E-state index in [-0.39, 0.29) is 13.0 Å². The molecule has 0 spiro atoms. The summed E-state index contributed by atoms with van der Waals surface area (Å²) in [6.45, 7) is 0.145. The summed E-state index contributed by atoms with van der Waals surface area (Å²) >= 11 is 4.88. The average Bonchev–Trinajstić information content (AvgIpc) is 1.66. The fraction of sp³-hybridized carbons (Fsp3) is 0.500. The van der Waals surface area contributed by atoms with Gasteiger partial charge in [0.15, 0.2) is 0 Å². The molecule has 0 unspecified atom stereocenters. The van der Waals surface area contributed by atoms with Crippen LogP contribution in [-0.4, -0.2) is 17.9 Å². The van der Waals surface area contributed by atoms with E-state index in [9.17, 15) is 9.59 Å². The van der Waals surface area contributed by atoms with Crippen LogP contribution in [0.1, 0.15) is 6.42 Å². The van der Waals surface area contributed by atoms with Crippen LogP contribution in [0.15, 0.2) is 4.99 Å². The van der Waals surface area contributed by atoms with Gasteiger partial charge < -0.3 is 0 Å². The average molecular weight is 134 g/mol. The van der Waals surface area contributed by atoms with Gasteiger partial charge in [-0.15, -0.1) is 0 Å². The zero-order valence-corrected chi connectivity index (χ0v) is 4.81. The van der Waals surface area contributed by atoms with Gasteiger partial charge in [0, 0.05) is 6.42 Å². The van der Waals surface area contributed by atoms with Crippen molar-refractivity contribution in [2.75, 3.05) is 6.54 Å². The minimum absolute atomic E-state index is 0.108. The predicted octanol–water partition coefficient (Wildman–Crippen LogP) is 0.478. The zero-order chi connectivity index (χ0) is 6.41. The van der Waals surface area contributed by atoms with E-state index in [1.165, 1.54) is 6.08 Å². The van der Waals surface area contributed by atoms with Gasteiger partial charge in [-0.05, 0) is 11.6 Å². The van der Waals surface area contributed by atoms with Crippen LogP contribution < -0.4 is 0 Å². The SMILES string of the molecule is O=C=NCCC(=O)Cl. The Morgan fingerprint density at radius 3 is 2.75 bits per heavy atom. The van der Waals surface area contributed by atoms with Crippen molar-refractivity contribution in [1.29, 1.82) is 0 Å². The van der Waals surface area contributed by atoms with Crippen LogP contribution >= 0.6 is 11.6 Å². The molecule has 0 heterocycles. The number of halogens is 1. The van der Waals surface area contributed by atoms with Gasteiger partial charge >= 0.3 is 0 Å².